The van der Waals surface area contributed by atoms with Gasteiger partial charge >= 0.3 is 5.97 Å². The third-order valence-corrected chi connectivity index (χ3v) is 3.27. The quantitative estimate of drug-likeness (QED) is 0.655. The van der Waals surface area contributed by atoms with E-state index in [0.717, 1.165) is 28.0 Å². The molecule has 0 aliphatic rings. The number of aliphatic carboxylic acids is 1. The van der Waals surface area contributed by atoms with Crippen molar-refractivity contribution in [1.29, 1.82) is 0 Å². The summed E-state index contributed by atoms with van der Waals surface area (Å²) in [5, 5.41) is 10.6. The molecule has 0 saturated carbocycles. The summed E-state index contributed by atoms with van der Waals surface area (Å²) >= 11 is 0. The Morgan fingerprint density at radius 3 is 2.73 bits per heavy atom. The normalized spacial score (nSPS) is 11.0. The first-order valence-electron chi connectivity index (χ1n) is 6.71. The molecule has 1 N–H and O–H groups in total. The predicted molar refractivity (Wildman–Crippen MR) is 84.4 cm³/mol. The highest BCUT2D eigenvalue weighted by Gasteiger charge is 2.15. The fraction of sp³-hybridized carbons (Fsp3) is 0.235. The van der Waals surface area contributed by atoms with E-state index in [1.54, 1.807) is 26.4 Å². The van der Waals surface area contributed by atoms with Gasteiger partial charge in [0.05, 0.1) is 7.11 Å². The molecule has 5 heteroatoms. The van der Waals surface area contributed by atoms with Crippen molar-refractivity contribution in [3.05, 3.63) is 41.5 Å². The first-order valence-corrected chi connectivity index (χ1v) is 6.71. The molecule has 0 heterocycles. The highest BCUT2D eigenvalue weighted by Crippen LogP contribution is 2.40. The fourth-order valence-corrected chi connectivity index (χ4v) is 2.33. The van der Waals surface area contributed by atoms with Gasteiger partial charge < -0.3 is 19.3 Å². The van der Waals surface area contributed by atoms with E-state index in [1.807, 2.05) is 25.1 Å². The number of rotatable bonds is 6. The maximum absolute atomic E-state index is 10.8. The van der Waals surface area contributed by atoms with E-state index >= 15 is 0 Å². The molecule has 0 saturated heterocycles. The van der Waals surface area contributed by atoms with Crippen LogP contribution in [-0.4, -0.2) is 32.1 Å². The number of methoxy groups -OCH3 is 2. The standard InChI is InChI=1S/C17H18O5/c1-11-5-4-6-13-12(7-8-15(18)19)9-14(21-3)17(16(11)13)22-10-20-2/h4-9H,10H2,1-3H3,(H,18,19)/b8-7-. The van der Waals surface area contributed by atoms with Crippen molar-refractivity contribution in [2.45, 2.75) is 6.92 Å². The monoisotopic (exact) mass is 302 g/mol. The summed E-state index contributed by atoms with van der Waals surface area (Å²) in [5.74, 6) is 0.119. The van der Waals surface area contributed by atoms with Crippen LogP contribution in [0.5, 0.6) is 11.5 Å². The van der Waals surface area contributed by atoms with E-state index in [4.69, 9.17) is 19.3 Å². The van der Waals surface area contributed by atoms with Crippen molar-refractivity contribution in [3.8, 4) is 11.5 Å². The first kappa shape index (κ1) is 15.9. The number of carboxylic acid groups (broad SMARTS) is 1. The zero-order chi connectivity index (χ0) is 16.1. The maximum atomic E-state index is 10.8. The number of hydrogen-bond donors (Lipinski definition) is 1. The molecule has 0 unspecified atom stereocenters. The summed E-state index contributed by atoms with van der Waals surface area (Å²) in [6, 6.07) is 7.56. The minimum absolute atomic E-state index is 0.101. The van der Waals surface area contributed by atoms with Crippen LogP contribution in [-0.2, 0) is 9.53 Å². The minimum atomic E-state index is -1.00. The SMILES string of the molecule is COCOc1c(OC)cc(/C=C\C(=O)O)c2cccc(C)c12. The molecule has 2 aromatic carbocycles. The largest absolute Gasteiger partial charge is 0.493 e. The van der Waals surface area contributed by atoms with Crippen LogP contribution in [0.15, 0.2) is 30.3 Å². The average Bonchev–Trinajstić information content (AvgIpc) is 2.50. The fourth-order valence-electron chi connectivity index (χ4n) is 2.33. The zero-order valence-electron chi connectivity index (χ0n) is 12.8. The van der Waals surface area contributed by atoms with Gasteiger partial charge in [-0.2, -0.15) is 0 Å². The summed E-state index contributed by atoms with van der Waals surface area (Å²) < 4.78 is 16.0. The molecule has 0 fully saturated rings. The Balaban J connectivity index is 2.73. The van der Waals surface area contributed by atoms with Gasteiger partial charge in [0.1, 0.15) is 0 Å². The highest BCUT2D eigenvalue weighted by molar-refractivity contribution is 6.00. The Morgan fingerprint density at radius 2 is 2.09 bits per heavy atom. The van der Waals surface area contributed by atoms with Gasteiger partial charge in [-0.15, -0.1) is 0 Å². The minimum Gasteiger partial charge on any atom is -0.493 e. The van der Waals surface area contributed by atoms with E-state index in [2.05, 4.69) is 0 Å². The molecule has 0 amide bonds. The van der Waals surface area contributed by atoms with Crippen LogP contribution in [0.1, 0.15) is 11.1 Å². The second-order valence-electron chi connectivity index (χ2n) is 4.72. The van der Waals surface area contributed by atoms with Gasteiger partial charge in [-0.3, -0.25) is 0 Å². The molecule has 0 atom stereocenters. The topological polar surface area (TPSA) is 65.0 Å². The van der Waals surface area contributed by atoms with Crippen molar-refractivity contribution < 1.29 is 24.1 Å². The maximum Gasteiger partial charge on any atom is 0.328 e. The second-order valence-corrected chi connectivity index (χ2v) is 4.72. The van der Waals surface area contributed by atoms with Crippen LogP contribution < -0.4 is 9.47 Å². The van der Waals surface area contributed by atoms with Gasteiger partial charge in [-0.1, -0.05) is 18.2 Å². The Hall–Kier alpha value is -2.53. The van der Waals surface area contributed by atoms with Crippen LogP contribution in [0.2, 0.25) is 0 Å². The van der Waals surface area contributed by atoms with E-state index in [-0.39, 0.29) is 6.79 Å². The molecule has 0 radical (unpaired) electrons. The van der Waals surface area contributed by atoms with Crippen LogP contribution in [0.4, 0.5) is 0 Å². The van der Waals surface area contributed by atoms with Crippen molar-refractivity contribution >= 4 is 22.8 Å². The molecule has 0 bridgehead atoms. The number of aryl methyl sites for hydroxylation is 1. The number of carboxylic acids is 1. The molecule has 5 nitrogen and oxygen atoms in total. The van der Waals surface area contributed by atoms with E-state index in [9.17, 15) is 4.79 Å². The smallest absolute Gasteiger partial charge is 0.328 e. The van der Waals surface area contributed by atoms with Gasteiger partial charge in [0, 0.05) is 18.6 Å². The lowest BCUT2D eigenvalue weighted by molar-refractivity contribution is -0.131. The summed E-state index contributed by atoms with van der Waals surface area (Å²) in [6.07, 6.45) is 2.65. The number of hydrogen-bond acceptors (Lipinski definition) is 4. The Labute approximate surface area is 128 Å². The predicted octanol–water partition coefficient (Wildman–Crippen LogP) is 3.24. The van der Waals surface area contributed by atoms with E-state index in [0.29, 0.717) is 11.5 Å². The number of benzene rings is 2. The van der Waals surface area contributed by atoms with Crippen LogP contribution >= 0.6 is 0 Å². The molecule has 116 valence electrons. The number of carbonyl (C=O) groups is 1. The Morgan fingerprint density at radius 1 is 1.32 bits per heavy atom. The zero-order valence-corrected chi connectivity index (χ0v) is 12.8. The molecule has 22 heavy (non-hydrogen) atoms. The van der Waals surface area contributed by atoms with E-state index in [1.165, 1.54) is 0 Å². The lowest BCUT2D eigenvalue weighted by Crippen LogP contribution is -2.02. The van der Waals surface area contributed by atoms with E-state index < -0.39 is 5.97 Å². The van der Waals surface area contributed by atoms with Crippen molar-refractivity contribution in [1.82, 2.24) is 0 Å². The molecule has 2 rings (SSSR count). The molecular formula is C17H18O5. The van der Waals surface area contributed by atoms with Gasteiger partial charge in [0.25, 0.3) is 0 Å². The second kappa shape index (κ2) is 6.95. The molecule has 0 aromatic heterocycles. The van der Waals surface area contributed by atoms with Crippen LogP contribution in [0, 0.1) is 6.92 Å². The summed E-state index contributed by atoms with van der Waals surface area (Å²) in [7, 11) is 3.09. The molecular weight excluding hydrogens is 284 g/mol. The summed E-state index contributed by atoms with van der Waals surface area (Å²) in [5.41, 5.74) is 1.76. The summed E-state index contributed by atoms with van der Waals surface area (Å²) in [4.78, 5) is 10.8. The number of fused-ring (bicyclic) bond motifs is 1. The molecule has 0 spiro atoms. The van der Waals surface area contributed by atoms with Gasteiger partial charge in [0.15, 0.2) is 18.3 Å². The van der Waals surface area contributed by atoms with Gasteiger partial charge in [0.2, 0.25) is 0 Å². The molecule has 0 aliphatic heterocycles. The Kier molecular flexibility index (Phi) is 5.01. The average molecular weight is 302 g/mol. The number of ether oxygens (including phenoxy) is 3. The lowest BCUT2D eigenvalue weighted by Gasteiger charge is -2.16. The van der Waals surface area contributed by atoms with Crippen molar-refractivity contribution in [2.75, 3.05) is 21.0 Å². The third kappa shape index (κ3) is 3.20. The van der Waals surface area contributed by atoms with Gasteiger partial charge in [-0.05, 0) is 35.6 Å². The van der Waals surface area contributed by atoms with Gasteiger partial charge in [-0.25, -0.2) is 4.79 Å². The molecule has 0 aliphatic carbocycles. The molecule has 2 aromatic rings. The van der Waals surface area contributed by atoms with Crippen LogP contribution in [0.3, 0.4) is 0 Å². The van der Waals surface area contributed by atoms with Crippen LogP contribution in [0.25, 0.3) is 16.8 Å². The third-order valence-electron chi connectivity index (χ3n) is 3.27. The highest BCUT2D eigenvalue weighted by atomic mass is 16.7. The first-order chi connectivity index (χ1) is 10.6. The lowest BCUT2D eigenvalue weighted by atomic mass is 9.98. The van der Waals surface area contributed by atoms with Crippen molar-refractivity contribution in [3.63, 3.8) is 0 Å². The Bertz CT molecular complexity index is 719. The van der Waals surface area contributed by atoms with Crippen molar-refractivity contribution in [2.24, 2.45) is 0 Å². The summed E-state index contributed by atoms with van der Waals surface area (Å²) in [6.45, 7) is 2.07.